The minimum atomic E-state index is -0.605. The second-order valence-corrected chi connectivity index (χ2v) is 5.37. The lowest BCUT2D eigenvalue weighted by Crippen LogP contribution is -2.21. The summed E-state index contributed by atoms with van der Waals surface area (Å²) in [4.78, 5) is 0. The van der Waals surface area contributed by atoms with E-state index in [0.717, 1.165) is 6.61 Å². The molecule has 0 aliphatic carbocycles. The first-order chi connectivity index (χ1) is 3.93. The van der Waals surface area contributed by atoms with Gasteiger partial charge in [-0.1, -0.05) is 13.3 Å². The molecule has 0 aromatic rings. The molecule has 1 atom stereocenters. The molecule has 1 unspecified atom stereocenters. The largest absolute Gasteiger partial charge is 0.420 e. The molecule has 1 aliphatic rings. The van der Waals surface area contributed by atoms with Crippen molar-refractivity contribution < 1.29 is 4.43 Å². The van der Waals surface area contributed by atoms with E-state index in [1.54, 1.807) is 0 Å². The minimum Gasteiger partial charge on any atom is -0.420 e. The van der Waals surface area contributed by atoms with Crippen LogP contribution in [0.4, 0.5) is 0 Å². The minimum absolute atomic E-state index is 0. The summed E-state index contributed by atoms with van der Waals surface area (Å²) in [6.45, 7) is 3.31. The van der Waals surface area contributed by atoms with Crippen LogP contribution in [-0.4, -0.2) is 15.6 Å². The first-order valence-corrected chi connectivity index (χ1v) is 5.65. The van der Waals surface area contributed by atoms with Gasteiger partial charge in [-0.25, -0.2) is 0 Å². The maximum Gasteiger partial charge on any atom is 0.176 e. The summed E-state index contributed by atoms with van der Waals surface area (Å²) in [7, 11) is -0.605. The first kappa shape index (κ1) is 9.47. The molecule has 1 saturated heterocycles. The van der Waals surface area contributed by atoms with Crippen molar-refractivity contribution in [2.45, 2.75) is 31.9 Å². The maximum atomic E-state index is 5.57. The van der Waals surface area contributed by atoms with Gasteiger partial charge in [-0.3, -0.25) is 0 Å². The zero-order valence-corrected chi connectivity index (χ0v) is 7.90. The highest BCUT2D eigenvalue weighted by Gasteiger charge is 2.12. The van der Waals surface area contributed by atoms with Gasteiger partial charge in [0.15, 0.2) is 9.04 Å². The fraction of sp³-hybridized carbons (Fsp3) is 1.00. The van der Waals surface area contributed by atoms with Gasteiger partial charge < -0.3 is 4.43 Å². The zero-order valence-electron chi connectivity index (χ0n) is 5.93. The monoisotopic (exact) mass is 166 g/mol. The first-order valence-electron chi connectivity index (χ1n) is 3.55. The Morgan fingerprint density at radius 1 is 1.44 bits per heavy atom. The maximum absolute atomic E-state index is 5.57. The normalized spacial score (nSPS) is 27.0. The molecule has 1 rings (SSSR count). The molecule has 1 nitrogen and oxygen atoms in total. The van der Waals surface area contributed by atoms with E-state index in [9.17, 15) is 0 Å². The highest BCUT2D eigenvalue weighted by Crippen LogP contribution is 2.12. The van der Waals surface area contributed by atoms with Crippen LogP contribution in [0, 0.1) is 0 Å². The quantitative estimate of drug-likeness (QED) is 0.542. The van der Waals surface area contributed by atoms with Crippen molar-refractivity contribution in [2.75, 3.05) is 6.61 Å². The number of halogens is 1. The Balaban J connectivity index is 0.000000640. The van der Waals surface area contributed by atoms with Crippen LogP contribution in [0.2, 0.25) is 12.1 Å². The third kappa shape index (κ3) is 3.23. The van der Waals surface area contributed by atoms with E-state index in [2.05, 4.69) is 6.92 Å². The van der Waals surface area contributed by atoms with Gasteiger partial charge in [0.05, 0.1) is 0 Å². The van der Waals surface area contributed by atoms with Gasteiger partial charge in [-0.05, 0) is 18.5 Å². The van der Waals surface area contributed by atoms with Crippen LogP contribution in [0.15, 0.2) is 0 Å². The summed E-state index contributed by atoms with van der Waals surface area (Å²) < 4.78 is 5.57. The SMILES string of the molecule is CC[SiH]1CCCCO1.Cl. The number of hydrogen-bond donors (Lipinski definition) is 0. The summed E-state index contributed by atoms with van der Waals surface area (Å²) in [6.07, 6.45) is 2.74. The van der Waals surface area contributed by atoms with Gasteiger partial charge in [0.2, 0.25) is 0 Å². The lowest BCUT2D eigenvalue weighted by Gasteiger charge is -2.18. The fourth-order valence-electron chi connectivity index (χ4n) is 1.13. The standard InChI is InChI=1S/C6H14OSi.ClH/c1-2-8-6-4-3-5-7-8;/h8H,2-6H2,1H3;1H. The van der Waals surface area contributed by atoms with Crippen molar-refractivity contribution >= 4 is 21.4 Å². The lowest BCUT2D eigenvalue weighted by atomic mass is 10.4. The summed E-state index contributed by atoms with van der Waals surface area (Å²) in [5, 5.41) is 0. The Hall–Kier alpha value is 0.467. The molecule has 0 radical (unpaired) electrons. The smallest absolute Gasteiger partial charge is 0.176 e. The molecular formula is C6H15ClOSi. The average Bonchev–Trinajstić information content (AvgIpc) is 1.90. The van der Waals surface area contributed by atoms with Crippen LogP contribution in [0.1, 0.15) is 19.8 Å². The van der Waals surface area contributed by atoms with Crippen molar-refractivity contribution in [1.29, 1.82) is 0 Å². The van der Waals surface area contributed by atoms with Gasteiger partial charge in [-0.2, -0.15) is 0 Å². The Kier molecular flexibility index (Phi) is 5.54. The summed E-state index contributed by atoms with van der Waals surface area (Å²) in [6, 6.07) is 2.76. The summed E-state index contributed by atoms with van der Waals surface area (Å²) in [5.74, 6) is 0. The molecule has 0 saturated carbocycles. The second kappa shape index (κ2) is 5.27. The molecule has 1 fully saturated rings. The molecule has 0 bridgehead atoms. The molecule has 0 spiro atoms. The predicted molar refractivity (Wildman–Crippen MR) is 44.9 cm³/mol. The molecule has 0 amide bonds. The van der Waals surface area contributed by atoms with Crippen LogP contribution in [-0.2, 0) is 4.43 Å². The van der Waals surface area contributed by atoms with Gasteiger partial charge >= 0.3 is 0 Å². The molecular weight excluding hydrogens is 152 g/mol. The van der Waals surface area contributed by atoms with Crippen LogP contribution in [0.3, 0.4) is 0 Å². The molecule has 1 aliphatic heterocycles. The summed E-state index contributed by atoms with van der Waals surface area (Å²) >= 11 is 0. The van der Waals surface area contributed by atoms with Crippen molar-refractivity contribution in [1.82, 2.24) is 0 Å². The van der Waals surface area contributed by atoms with E-state index >= 15 is 0 Å². The van der Waals surface area contributed by atoms with E-state index in [1.165, 1.54) is 24.9 Å². The molecule has 0 aromatic carbocycles. The Morgan fingerprint density at radius 3 is 2.56 bits per heavy atom. The second-order valence-electron chi connectivity index (χ2n) is 2.40. The summed E-state index contributed by atoms with van der Waals surface area (Å²) in [5.41, 5.74) is 0. The lowest BCUT2D eigenvalue weighted by molar-refractivity contribution is 0.287. The molecule has 0 aromatic heterocycles. The molecule has 3 heteroatoms. The third-order valence-corrected chi connectivity index (χ3v) is 4.40. The molecule has 0 N–H and O–H groups in total. The number of hydrogen-bond acceptors (Lipinski definition) is 1. The fourth-order valence-corrected chi connectivity index (χ4v) is 3.18. The third-order valence-electron chi connectivity index (χ3n) is 1.73. The van der Waals surface area contributed by atoms with Crippen LogP contribution in [0.25, 0.3) is 0 Å². The van der Waals surface area contributed by atoms with E-state index < -0.39 is 9.04 Å². The highest BCUT2D eigenvalue weighted by molar-refractivity contribution is 6.51. The Labute approximate surface area is 64.9 Å². The van der Waals surface area contributed by atoms with E-state index in [0.29, 0.717) is 0 Å². The molecule has 9 heavy (non-hydrogen) atoms. The predicted octanol–water partition coefficient (Wildman–Crippen LogP) is 1.96. The zero-order chi connectivity index (χ0) is 5.82. The molecule has 1 heterocycles. The van der Waals surface area contributed by atoms with Crippen molar-refractivity contribution in [3.8, 4) is 0 Å². The Morgan fingerprint density at radius 2 is 2.22 bits per heavy atom. The van der Waals surface area contributed by atoms with E-state index in [4.69, 9.17) is 4.43 Å². The average molecular weight is 167 g/mol. The number of rotatable bonds is 1. The Bertz CT molecular complexity index is 64.1. The van der Waals surface area contributed by atoms with Gasteiger partial charge in [-0.15, -0.1) is 12.4 Å². The van der Waals surface area contributed by atoms with Crippen LogP contribution in [0.5, 0.6) is 0 Å². The van der Waals surface area contributed by atoms with E-state index in [1.807, 2.05) is 0 Å². The van der Waals surface area contributed by atoms with Crippen molar-refractivity contribution in [3.05, 3.63) is 0 Å². The van der Waals surface area contributed by atoms with Gasteiger partial charge in [0, 0.05) is 6.61 Å². The van der Waals surface area contributed by atoms with Crippen LogP contribution >= 0.6 is 12.4 Å². The van der Waals surface area contributed by atoms with Gasteiger partial charge in [0.1, 0.15) is 0 Å². The van der Waals surface area contributed by atoms with Gasteiger partial charge in [0.25, 0.3) is 0 Å². The van der Waals surface area contributed by atoms with Crippen molar-refractivity contribution in [2.24, 2.45) is 0 Å². The van der Waals surface area contributed by atoms with Crippen LogP contribution < -0.4 is 0 Å². The topological polar surface area (TPSA) is 9.23 Å². The molecule has 56 valence electrons. The van der Waals surface area contributed by atoms with Crippen molar-refractivity contribution in [3.63, 3.8) is 0 Å². The van der Waals surface area contributed by atoms with E-state index in [-0.39, 0.29) is 12.4 Å². The highest BCUT2D eigenvalue weighted by atomic mass is 35.5.